The quantitative estimate of drug-likeness (QED) is 0.375. The minimum absolute atomic E-state index is 0.0472. The van der Waals surface area contributed by atoms with E-state index >= 15 is 0 Å². The monoisotopic (exact) mass is 406 g/mol. The van der Waals surface area contributed by atoms with Crippen molar-refractivity contribution in [2.75, 3.05) is 13.7 Å². The van der Waals surface area contributed by atoms with Gasteiger partial charge in [-0.1, -0.05) is 36.4 Å². The Balaban J connectivity index is 1.57. The molecule has 0 aromatic heterocycles. The number of carbonyl (C=O) groups is 2. The molecule has 0 unspecified atom stereocenters. The summed E-state index contributed by atoms with van der Waals surface area (Å²) >= 11 is 0. The molecule has 0 fully saturated rings. The number of Topliss-reactive ketones (excluding diaryl/α,β-unsaturated/α-hetero) is 1. The first-order valence-corrected chi connectivity index (χ1v) is 9.35. The van der Waals surface area contributed by atoms with Gasteiger partial charge in [-0.3, -0.25) is 4.79 Å². The van der Waals surface area contributed by atoms with Crippen molar-refractivity contribution in [3.63, 3.8) is 0 Å². The average molecular weight is 406 g/mol. The van der Waals surface area contributed by atoms with Gasteiger partial charge in [0.1, 0.15) is 18.1 Å². The Morgan fingerprint density at radius 3 is 2.30 bits per heavy atom. The van der Waals surface area contributed by atoms with E-state index in [4.69, 9.17) is 18.9 Å². The van der Waals surface area contributed by atoms with Crippen LogP contribution in [0.5, 0.6) is 23.0 Å². The minimum atomic E-state index is -0.540. The number of methoxy groups -OCH3 is 1. The molecule has 0 heterocycles. The summed E-state index contributed by atoms with van der Waals surface area (Å²) in [5.74, 6) is 1.40. The predicted octanol–water partition coefficient (Wildman–Crippen LogP) is 4.81. The van der Waals surface area contributed by atoms with Crippen LogP contribution in [0.15, 0.2) is 72.8 Å². The number of rotatable bonds is 9. The van der Waals surface area contributed by atoms with Crippen LogP contribution in [-0.4, -0.2) is 25.5 Å². The average Bonchev–Trinajstić information content (AvgIpc) is 2.77. The maximum atomic E-state index is 12.2. The molecular formula is C24H22O6. The highest BCUT2D eigenvalue weighted by Gasteiger charge is 2.12. The molecule has 0 saturated carbocycles. The Labute approximate surface area is 175 Å². The lowest BCUT2D eigenvalue weighted by molar-refractivity contribution is -0.147. The van der Waals surface area contributed by atoms with Crippen molar-refractivity contribution in [2.45, 2.75) is 13.5 Å². The van der Waals surface area contributed by atoms with Gasteiger partial charge in [0.05, 0.1) is 7.11 Å². The maximum Gasteiger partial charge on any atom is 0.344 e. The molecule has 0 aliphatic rings. The number of hydrogen-bond acceptors (Lipinski definition) is 6. The normalized spacial score (nSPS) is 10.2. The molecule has 0 spiro atoms. The van der Waals surface area contributed by atoms with Crippen molar-refractivity contribution in [1.82, 2.24) is 0 Å². The van der Waals surface area contributed by atoms with Crippen LogP contribution in [-0.2, 0) is 16.1 Å². The number of ether oxygens (including phenoxy) is 4. The Morgan fingerprint density at radius 1 is 0.833 bits per heavy atom. The number of para-hydroxylation sites is 2. The summed E-state index contributed by atoms with van der Waals surface area (Å²) < 4.78 is 21.9. The first kappa shape index (κ1) is 20.9. The van der Waals surface area contributed by atoms with Gasteiger partial charge in [0.25, 0.3) is 0 Å². The number of hydrogen-bond donors (Lipinski definition) is 0. The van der Waals surface area contributed by atoms with Gasteiger partial charge in [0.15, 0.2) is 23.9 Å². The van der Waals surface area contributed by atoms with E-state index in [1.165, 1.54) is 14.0 Å². The van der Waals surface area contributed by atoms with Crippen LogP contribution < -0.4 is 14.2 Å². The van der Waals surface area contributed by atoms with Crippen molar-refractivity contribution in [3.05, 3.63) is 83.9 Å². The molecule has 0 bridgehead atoms. The third-order valence-corrected chi connectivity index (χ3v) is 4.25. The summed E-state index contributed by atoms with van der Waals surface area (Å²) in [6.45, 7) is 1.22. The zero-order valence-electron chi connectivity index (χ0n) is 16.8. The fraction of sp³-hybridized carbons (Fsp3) is 0.167. The second kappa shape index (κ2) is 10.1. The Kier molecular flexibility index (Phi) is 7.05. The molecule has 6 heteroatoms. The Bertz CT molecular complexity index is 1010. The van der Waals surface area contributed by atoms with E-state index in [0.717, 1.165) is 5.56 Å². The molecule has 3 aromatic carbocycles. The Hall–Kier alpha value is -3.80. The standard InChI is InChI=1S/C24H22O6/c1-17(25)18-12-13-22(23(14-18)27-2)28-16-24(26)29-15-19-8-6-7-11-21(19)30-20-9-4-3-5-10-20/h3-14H,15-16H2,1-2H3. The molecule has 0 aliphatic heterocycles. The van der Waals surface area contributed by atoms with E-state index in [2.05, 4.69) is 0 Å². The van der Waals surface area contributed by atoms with Gasteiger partial charge in [-0.05, 0) is 43.3 Å². The van der Waals surface area contributed by atoms with Gasteiger partial charge in [-0.25, -0.2) is 4.79 Å². The minimum Gasteiger partial charge on any atom is -0.493 e. The molecule has 0 amide bonds. The summed E-state index contributed by atoms with van der Waals surface area (Å²) in [5, 5.41) is 0. The SMILES string of the molecule is COc1cc(C(C)=O)ccc1OCC(=O)OCc1ccccc1Oc1ccccc1. The lowest BCUT2D eigenvalue weighted by atomic mass is 10.1. The van der Waals surface area contributed by atoms with Gasteiger partial charge < -0.3 is 18.9 Å². The van der Waals surface area contributed by atoms with Crippen LogP contribution in [0.3, 0.4) is 0 Å². The van der Waals surface area contributed by atoms with E-state index in [1.807, 2.05) is 54.6 Å². The lowest BCUT2D eigenvalue weighted by Crippen LogP contribution is -2.15. The number of esters is 1. The molecule has 0 N–H and O–H groups in total. The highest BCUT2D eigenvalue weighted by Crippen LogP contribution is 2.28. The summed E-state index contributed by atoms with van der Waals surface area (Å²) in [7, 11) is 1.47. The van der Waals surface area contributed by atoms with Crippen LogP contribution in [0, 0.1) is 0 Å². The second-order valence-corrected chi connectivity index (χ2v) is 6.39. The fourth-order valence-electron chi connectivity index (χ4n) is 2.68. The fourth-order valence-corrected chi connectivity index (χ4v) is 2.68. The molecule has 0 atom stereocenters. The van der Waals surface area contributed by atoms with Gasteiger partial charge in [0.2, 0.25) is 0 Å². The Morgan fingerprint density at radius 2 is 1.57 bits per heavy atom. The third kappa shape index (κ3) is 5.61. The largest absolute Gasteiger partial charge is 0.493 e. The van der Waals surface area contributed by atoms with Crippen LogP contribution in [0.4, 0.5) is 0 Å². The highest BCUT2D eigenvalue weighted by atomic mass is 16.6. The number of benzene rings is 3. The van der Waals surface area contributed by atoms with E-state index < -0.39 is 5.97 Å². The second-order valence-electron chi connectivity index (χ2n) is 6.39. The van der Waals surface area contributed by atoms with Crippen molar-refractivity contribution < 1.29 is 28.5 Å². The molecule has 30 heavy (non-hydrogen) atoms. The molecule has 3 aromatic rings. The van der Waals surface area contributed by atoms with E-state index in [0.29, 0.717) is 28.6 Å². The summed E-state index contributed by atoms with van der Waals surface area (Å²) in [4.78, 5) is 23.6. The molecule has 3 rings (SSSR count). The highest BCUT2D eigenvalue weighted by molar-refractivity contribution is 5.94. The van der Waals surface area contributed by atoms with Crippen LogP contribution in [0.1, 0.15) is 22.8 Å². The van der Waals surface area contributed by atoms with Gasteiger partial charge in [-0.15, -0.1) is 0 Å². The van der Waals surface area contributed by atoms with Gasteiger partial charge in [0, 0.05) is 11.1 Å². The summed E-state index contributed by atoms with van der Waals surface area (Å²) in [6.07, 6.45) is 0. The zero-order valence-corrected chi connectivity index (χ0v) is 16.8. The van der Waals surface area contributed by atoms with E-state index in [9.17, 15) is 9.59 Å². The topological polar surface area (TPSA) is 71.1 Å². The first-order chi connectivity index (χ1) is 14.6. The number of ketones is 1. The summed E-state index contributed by atoms with van der Waals surface area (Å²) in [6, 6.07) is 21.5. The molecular weight excluding hydrogens is 384 g/mol. The summed E-state index contributed by atoms with van der Waals surface area (Å²) in [5.41, 5.74) is 1.23. The third-order valence-electron chi connectivity index (χ3n) is 4.25. The van der Waals surface area contributed by atoms with Crippen LogP contribution in [0.25, 0.3) is 0 Å². The van der Waals surface area contributed by atoms with Crippen LogP contribution in [0.2, 0.25) is 0 Å². The van der Waals surface area contributed by atoms with Gasteiger partial charge in [-0.2, -0.15) is 0 Å². The smallest absolute Gasteiger partial charge is 0.344 e. The molecule has 0 aliphatic carbocycles. The van der Waals surface area contributed by atoms with Crippen molar-refractivity contribution >= 4 is 11.8 Å². The molecule has 6 nitrogen and oxygen atoms in total. The van der Waals surface area contributed by atoms with Crippen molar-refractivity contribution in [2.24, 2.45) is 0 Å². The first-order valence-electron chi connectivity index (χ1n) is 9.35. The van der Waals surface area contributed by atoms with E-state index in [1.54, 1.807) is 18.2 Å². The maximum absolute atomic E-state index is 12.2. The molecule has 154 valence electrons. The van der Waals surface area contributed by atoms with E-state index in [-0.39, 0.29) is 19.0 Å². The van der Waals surface area contributed by atoms with Gasteiger partial charge >= 0.3 is 5.97 Å². The van der Waals surface area contributed by atoms with Crippen LogP contribution >= 0.6 is 0 Å². The predicted molar refractivity (Wildman–Crippen MR) is 111 cm³/mol. The number of carbonyl (C=O) groups excluding carboxylic acids is 2. The van der Waals surface area contributed by atoms with Crippen molar-refractivity contribution in [1.29, 1.82) is 0 Å². The molecule has 0 saturated heterocycles. The zero-order chi connectivity index (χ0) is 21.3. The lowest BCUT2D eigenvalue weighted by Gasteiger charge is -2.13. The van der Waals surface area contributed by atoms with Crippen molar-refractivity contribution in [3.8, 4) is 23.0 Å². The molecule has 0 radical (unpaired) electrons.